The summed E-state index contributed by atoms with van der Waals surface area (Å²) >= 11 is 0. The van der Waals surface area contributed by atoms with Crippen LogP contribution in [-0.2, 0) is 0 Å². The second-order valence-electron chi connectivity index (χ2n) is 3.85. The molecule has 1 aliphatic carbocycles. The Labute approximate surface area is 99.1 Å². The molecule has 0 aromatic heterocycles. The molecule has 0 saturated carbocycles. The number of allylic oxidation sites excluding steroid dienone is 10. The van der Waals surface area contributed by atoms with Crippen LogP contribution >= 0.6 is 0 Å². The predicted octanol–water partition coefficient (Wildman–Crippen LogP) is 4.90. The standard InChI is InChI=1S/C16H20/c1-5-9-15-12-16(10-6-2)14(8-4)11-13(15)7-3/h5-10H,1,4,11-12H2,2-3H3/b10-6-,13-7-,15-9-. The third kappa shape index (κ3) is 2.73. The van der Waals surface area contributed by atoms with Gasteiger partial charge in [0.05, 0.1) is 0 Å². The summed E-state index contributed by atoms with van der Waals surface area (Å²) in [5.41, 5.74) is 5.47. The largest absolute Gasteiger partial charge is 0.0991 e. The fourth-order valence-electron chi connectivity index (χ4n) is 2.03. The lowest BCUT2D eigenvalue weighted by molar-refractivity contribution is 0.991. The maximum absolute atomic E-state index is 3.90. The molecule has 0 bridgehead atoms. The van der Waals surface area contributed by atoms with E-state index in [-0.39, 0.29) is 0 Å². The van der Waals surface area contributed by atoms with Crippen LogP contribution < -0.4 is 0 Å². The molecule has 0 spiro atoms. The SMILES string of the molecule is C=C/C=C1/CC(/C=C\C)=C(C=C)C/C1=C/C. The van der Waals surface area contributed by atoms with Gasteiger partial charge in [-0.25, -0.2) is 0 Å². The number of hydrogen-bond donors (Lipinski definition) is 0. The predicted molar refractivity (Wildman–Crippen MR) is 73.3 cm³/mol. The molecule has 0 radical (unpaired) electrons. The maximum Gasteiger partial charge on any atom is -0.00203 e. The monoisotopic (exact) mass is 212 g/mol. The van der Waals surface area contributed by atoms with Gasteiger partial charge in [-0.15, -0.1) is 0 Å². The molecule has 0 atom stereocenters. The van der Waals surface area contributed by atoms with Gasteiger partial charge in [0.1, 0.15) is 0 Å². The Bertz CT molecular complexity index is 398. The lowest BCUT2D eigenvalue weighted by atomic mass is 9.83. The van der Waals surface area contributed by atoms with Crippen molar-refractivity contribution in [2.45, 2.75) is 26.7 Å². The van der Waals surface area contributed by atoms with Gasteiger partial charge in [0, 0.05) is 0 Å². The minimum absolute atomic E-state index is 0.984. The number of rotatable bonds is 3. The van der Waals surface area contributed by atoms with Gasteiger partial charge >= 0.3 is 0 Å². The van der Waals surface area contributed by atoms with Crippen LogP contribution in [0.3, 0.4) is 0 Å². The fourth-order valence-corrected chi connectivity index (χ4v) is 2.03. The zero-order valence-corrected chi connectivity index (χ0v) is 10.3. The fraction of sp³-hybridized carbons (Fsp3) is 0.250. The van der Waals surface area contributed by atoms with Gasteiger partial charge in [-0.1, -0.05) is 49.6 Å². The summed E-state index contributed by atoms with van der Waals surface area (Å²) in [6.45, 7) is 11.8. The second kappa shape index (κ2) is 6.12. The summed E-state index contributed by atoms with van der Waals surface area (Å²) in [5.74, 6) is 0. The van der Waals surface area contributed by atoms with Gasteiger partial charge in [0.25, 0.3) is 0 Å². The minimum atomic E-state index is 0.984. The molecule has 0 heteroatoms. The van der Waals surface area contributed by atoms with E-state index in [2.05, 4.69) is 51.3 Å². The van der Waals surface area contributed by atoms with Gasteiger partial charge in [-0.05, 0) is 49.0 Å². The summed E-state index contributed by atoms with van der Waals surface area (Å²) in [6, 6.07) is 0. The molecule has 16 heavy (non-hydrogen) atoms. The smallest absolute Gasteiger partial charge is 0.00203 e. The molecule has 1 aliphatic rings. The van der Waals surface area contributed by atoms with E-state index in [9.17, 15) is 0 Å². The highest BCUT2D eigenvalue weighted by Crippen LogP contribution is 2.34. The number of hydrogen-bond acceptors (Lipinski definition) is 0. The molecule has 0 unspecified atom stereocenters. The van der Waals surface area contributed by atoms with Crippen molar-refractivity contribution in [1.29, 1.82) is 0 Å². The highest BCUT2D eigenvalue weighted by atomic mass is 14.2. The van der Waals surface area contributed by atoms with E-state index < -0.39 is 0 Å². The van der Waals surface area contributed by atoms with E-state index in [0.717, 1.165) is 12.8 Å². The third-order valence-corrected chi connectivity index (χ3v) is 2.87. The highest BCUT2D eigenvalue weighted by molar-refractivity contribution is 5.50. The zero-order valence-electron chi connectivity index (χ0n) is 10.3. The molecule has 0 N–H and O–H groups in total. The average molecular weight is 212 g/mol. The Morgan fingerprint density at radius 1 is 1.00 bits per heavy atom. The van der Waals surface area contributed by atoms with Crippen LogP contribution in [0.1, 0.15) is 26.7 Å². The molecule has 0 heterocycles. The Kier molecular flexibility index (Phi) is 4.78. The van der Waals surface area contributed by atoms with E-state index in [4.69, 9.17) is 0 Å². The Hall–Kier alpha value is -1.56. The van der Waals surface area contributed by atoms with E-state index in [1.165, 1.54) is 22.3 Å². The molecular formula is C16H20. The van der Waals surface area contributed by atoms with Gasteiger partial charge in [-0.3, -0.25) is 0 Å². The van der Waals surface area contributed by atoms with Crippen LogP contribution in [0.4, 0.5) is 0 Å². The van der Waals surface area contributed by atoms with Crippen LogP contribution in [0.2, 0.25) is 0 Å². The van der Waals surface area contributed by atoms with E-state index in [1.807, 2.05) is 12.2 Å². The summed E-state index contributed by atoms with van der Waals surface area (Å²) < 4.78 is 0. The van der Waals surface area contributed by atoms with E-state index in [0.29, 0.717) is 0 Å². The van der Waals surface area contributed by atoms with Crippen LogP contribution in [0, 0.1) is 0 Å². The van der Waals surface area contributed by atoms with Crippen molar-refractivity contribution in [1.82, 2.24) is 0 Å². The van der Waals surface area contributed by atoms with Crippen LogP contribution in [0.5, 0.6) is 0 Å². The molecule has 84 valence electrons. The quantitative estimate of drug-likeness (QED) is 0.624. The highest BCUT2D eigenvalue weighted by Gasteiger charge is 2.15. The Balaban J connectivity index is 3.17. The van der Waals surface area contributed by atoms with Crippen molar-refractivity contribution >= 4 is 0 Å². The summed E-state index contributed by atoms with van der Waals surface area (Å²) in [5, 5.41) is 0. The average Bonchev–Trinajstić information content (AvgIpc) is 2.30. The normalized spacial score (nSPS) is 22.1. The first-order valence-corrected chi connectivity index (χ1v) is 5.71. The molecule has 0 amide bonds. The summed E-state index contributed by atoms with van der Waals surface area (Å²) in [4.78, 5) is 0. The van der Waals surface area contributed by atoms with Gasteiger partial charge in [0.15, 0.2) is 0 Å². The molecule has 0 aromatic carbocycles. The second-order valence-corrected chi connectivity index (χ2v) is 3.85. The van der Waals surface area contributed by atoms with Gasteiger partial charge in [-0.2, -0.15) is 0 Å². The molecular weight excluding hydrogens is 192 g/mol. The Morgan fingerprint density at radius 2 is 1.69 bits per heavy atom. The van der Waals surface area contributed by atoms with Crippen LogP contribution in [0.25, 0.3) is 0 Å². The van der Waals surface area contributed by atoms with Crippen molar-refractivity contribution in [2.24, 2.45) is 0 Å². The first-order chi connectivity index (χ1) is 7.76. The molecule has 0 aliphatic heterocycles. The van der Waals surface area contributed by atoms with Crippen molar-refractivity contribution in [3.63, 3.8) is 0 Å². The Morgan fingerprint density at radius 3 is 2.19 bits per heavy atom. The lowest BCUT2D eigenvalue weighted by Gasteiger charge is -2.21. The first-order valence-electron chi connectivity index (χ1n) is 5.71. The molecule has 0 fully saturated rings. The lowest BCUT2D eigenvalue weighted by Crippen LogP contribution is -2.03. The molecule has 0 saturated heterocycles. The van der Waals surface area contributed by atoms with Crippen LogP contribution in [-0.4, -0.2) is 0 Å². The van der Waals surface area contributed by atoms with Crippen molar-refractivity contribution in [3.8, 4) is 0 Å². The van der Waals surface area contributed by atoms with E-state index in [1.54, 1.807) is 0 Å². The minimum Gasteiger partial charge on any atom is -0.0991 e. The summed E-state index contributed by atoms with van der Waals surface area (Å²) in [7, 11) is 0. The summed E-state index contributed by atoms with van der Waals surface area (Å²) in [6.07, 6.45) is 14.4. The van der Waals surface area contributed by atoms with Crippen molar-refractivity contribution in [2.75, 3.05) is 0 Å². The van der Waals surface area contributed by atoms with Crippen molar-refractivity contribution < 1.29 is 0 Å². The third-order valence-electron chi connectivity index (χ3n) is 2.87. The van der Waals surface area contributed by atoms with Crippen LogP contribution in [0.15, 0.2) is 71.9 Å². The van der Waals surface area contributed by atoms with Gasteiger partial charge < -0.3 is 0 Å². The maximum atomic E-state index is 3.90. The molecule has 0 nitrogen and oxygen atoms in total. The van der Waals surface area contributed by atoms with E-state index >= 15 is 0 Å². The first kappa shape index (κ1) is 12.5. The zero-order chi connectivity index (χ0) is 12.0. The topological polar surface area (TPSA) is 0 Å². The molecule has 1 rings (SSSR count). The molecule has 0 aromatic rings. The van der Waals surface area contributed by atoms with Crippen molar-refractivity contribution in [3.05, 3.63) is 71.9 Å². The van der Waals surface area contributed by atoms with Gasteiger partial charge in [0.2, 0.25) is 0 Å².